The van der Waals surface area contributed by atoms with Gasteiger partial charge in [-0.15, -0.1) is 0 Å². The highest BCUT2D eigenvalue weighted by atomic mass is 16.5. The van der Waals surface area contributed by atoms with E-state index in [-0.39, 0.29) is 11.5 Å². The maximum absolute atomic E-state index is 12.2. The van der Waals surface area contributed by atoms with Crippen molar-refractivity contribution in [2.45, 2.75) is 0 Å². The van der Waals surface area contributed by atoms with Gasteiger partial charge in [0.2, 0.25) is 0 Å². The van der Waals surface area contributed by atoms with Gasteiger partial charge in [0.15, 0.2) is 5.78 Å². The molecule has 1 N–H and O–H groups in total. The van der Waals surface area contributed by atoms with E-state index in [4.69, 9.17) is 9.47 Å². The number of ether oxygens (including phenoxy) is 2. The topological polar surface area (TPSA) is 55.8 Å². The number of phenols is 1. The van der Waals surface area contributed by atoms with Crippen molar-refractivity contribution in [3.05, 3.63) is 59.7 Å². The van der Waals surface area contributed by atoms with Crippen LogP contribution in [0.4, 0.5) is 0 Å². The van der Waals surface area contributed by atoms with Crippen molar-refractivity contribution in [3.63, 3.8) is 0 Å². The highest BCUT2D eigenvalue weighted by Crippen LogP contribution is 2.25. The zero-order chi connectivity index (χ0) is 15.2. The van der Waals surface area contributed by atoms with Crippen LogP contribution in [0.1, 0.15) is 15.9 Å². The summed E-state index contributed by atoms with van der Waals surface area (Å²) in [4.78, 5) is 12.2. The Balaban J connectivity index is 2.26. The maximum Gasteiger partial charge on any atom is 0.189 e. The Bertz CT molecular complexity index is 674. The fourth-order valence-corrected chi connectivity index (χ4v) is 1.89. The van der Waals surface area contributed by atoms with Gasteiger partial charge in [-0.2, -0.15) is 0 Å². The van der Waals surface area contributed by atoms with E-state index in [1.807, 2.05) is 0 Å². The third-order valence-corrected chi connectivity index (χ3v) is 3.03. The standard InChI is InChI=1S/C17H16O4/c1-20-13-8-9-14(17(11-13)21-2)16(19)10-7-12-5-3-4-6-15(12)18/h3-11,18H,1-2H3. The van der Waals surface area contributed by atoms with Crippen molar-refractivity contribution in [2.75, 3.05) is 14.2 Å². The van der Waals surface area contributed by atoms with Crippen LogP contribution in [0.15, 0.2) is 48.5 Å². The quantitative estimate of drug-likeness (QED) is 0.676. The Labute approximate surface area is 123 Å². The first-order valence-electron chi connectivity index (χ1n) is 6.38. The average molecular weight is 284 g/mol. The molecule has 0 bridgehead atoms. The molecular weight excluding hydrogens is 268 g/mol. The van der Waals surface area contributed by atoms with Crippen LogP contribution >= 0.6 is 0 Å². The van der Waals surface area contributed by atoms with Crippen LogP contribution in [0.3, 0.4) is 0 Å². The molecule has 4 nitrogen and oxygen atoms in total. The lowest BCUT2D eigenvalue weighted by Gasteiger charge is -2.08. The van der Waals surface area contributed by atoms with Crippen LogP contribution in [0.2, 0.25) is 0 Å². The Morgan fingerprint density at radius 3 is 2.52 bits per heavy atom. The summed E-state index contributed by atoms with van der Waals surface area (Å²) in [7, 11) is 3.05. The lowest BCUT2D eigenvalue weighted by atomic mass is 10.1. The molecule has 2 rings (SSSR count). The lowest BCUT2D eigenvalue weighted by molar-refractivity contribution is 0.104. The van der Waals surface area contributed by atoms with Crippen LogP contribution in [0.5, 0.6) is 17.2 Å². The molecule has 0 spiro atoms. The third-order valence-electron chi connectivity index (χ3n) is 3.03. The minimum atomic E-state index is -0.210. The predicted molar refractivity (Wildman–Crippen MR) is 81.0 cm³/mol. The molecule has 0 fully saturated rings. The molecule has 4 heteroatoms. The first-order valence-corrected chi connectivity index (χ1v) is 6.38. The van der Waals surface area contributed by atoms with Gasteiger partial charge in [0.1, 0.15) is 17.2 Å². The number of carbonyl (C=O) groups excluding carboxylic acids is 1. The van der Waals surface area contributed by atoms with Gasteiger partial charge in [0.05, 0.1) is 19.8 Å². The Hall–Kier alpha value is -2.75. The van der Waals surface area contributed by atoms with E-state index < -0.39 is 0 Å². The molecule has 0 heterocycles. The fourth-order valence-electron chi connectivity index (χ4n) is 1.89. The van der Waals surface area contributed by atoms with Gasteiger partial charge >= 0.3 is 0 Å². The van der Waals surface area contributed by atoms with Crippen molar-refractivity contribution in [3.8, 4) is 17.2 Å². The van der Waals surface area contributed by atoms with Gasteiger partial charge in [-0.05, 0) is 30.4 Å². The Kier molecular flexibility index (Phi) is 4.61. The Morgan fingerprint density at radius 2 is 1.86 bits per heavy atom. The molecule has 0 aromatic heterocycles. The highest BCUT2D eigenvalue weighted by molar-refractivity contribution is 6.08. The average Bonchev–Trinajstić information content (AvgIpc) is 2.53. The van der Waals surface area contributed by atoms with Gasteiger partial charge in [-0.1, -0.05) is 18.2 Å². The van der Waals surface area contributed by atoms with E-state index >= 15 is 0 Å². The van der Waals surface area contributed by atoms with Crippen molar-refractivity contribution < 1.29 is 19.4 Å². The first-order chi connectivity index (χ1) is 10.2. The van der Waals surface area contributed by atoms with E-state index in [1.54, 1.807) is 55.7 Å². The molecule has 0 unspecified atom stereocenters. The minimum absolute atomic E-state index is 0.128. The predicted octanol–water partition coefficient (Wildman–Crippen LogP) is 3.31. The fraction of sp³-hybridized carbons (Fsp3) is 0.118. The van der Waals surface area contributed by atoms with E-state index in [9.17, 15) is 9.90 Å². The molecule has 0 aliphatic rings. The minimum Gasteiger partial charge on any atom is -0.507 e. The number of ketones is 1. The summed E-state index contributed by atoms with van der Waals surface area (Å²) in [6.45, 7) is 0. The van der Waals surface area contributed by atoms with Gasteiger partial charge in [0.25, 0.3) is 0 Å². The molecule has 0 aliphatic carbocycles. The summed E-state index contributed by atoms with van der Waals surface area (Å²) in [5.74, 6) is 0.982. The summed E-state index contributed by atoms with van der Waals surface area (Å²) in [6.07, 6.45) is 2.97. The molecule has 0 saturated heterocycles. The highest BCUT2D eigenvalue weighted by Gasteiger charge is 2.10. The molecule has 108 valence electrons. The van der Waals surface area contributed by atoms with Gasteiger partial charge < -0.3 is 14.6 Å². The molecular formula is C17H16O4. The normalized spacial score (nSPS) is 10.6. The number of hydrogen-bond acceptors (Lipinski definition) is 4. The second kappa shape index (κ2) is 6.61. The summed E-state index contributed by atoms with van der Waals surface area (Å²) in [5, 5.41) is 9.66. The second-order valence-corrected chi connectivity index (χ2v) is 4.32. The van der Waals surface area contributed by atoms with Gasteiger partial charge in [-0.3, -0.25) is 4.79 Å². The SMILES string of the molecule is COc1ccc(C(=O)C=Cc2ccccc2O)c(OC)c1. The summed E-state index contributed by atoms with van der Waals surface area (Å²) < 4.78 is 10.3. The van der Waals surface area contributed by atoms with Crippen molar-refractivity contribution in [1.82, 2.24) is 0 Å². The van der Waals surface area contributed by atoms with E-state index in [0.29, 0.717) is 22.6 Å². The smallest absolute Gasteiger partial charge is 0.189 e. The molecule has 0 radical (unpaired) electrons. The van der Waals surface area contributed by atoms with E-state index in [1.165, 1.54) is 13.2 Å². The molecule has 2 aromatic carbocycles. The molecule has 2 aromatic rings. The van der Waals surface area contributed by atoms with E-state index in [2.05, 4.69) is 0 Å². The van der Waals surface area contributed by atoms with Crippen LogP contribution in [-0.4, -0.2) is 25.1 Å². The van der Waals surface area contributed by atoms with Crippen LogP contribution in [0, 0.1) is 0 Å². The van der Waals surface area contributed by atoms with Crippen molar-refractivity contribution >= 4 is 11.9 Å². The van der Waals surface area contributed by atoms with Gasteiger partial charge in [-0.25, -0.2) is 0 Å². The molecule has 0 amide bonds. The number of methoxy groups -OCH3 is 2. The number of rotatable bonds is 5. The number of benzene rings is 2. The second-order valence-electron chi connectivity index (χ2n) is 4.32. The Morgan fingerprint density at radius 1 is 1.10 bits per heavy atom. The number of phenolic OH excluding ortho intramolecular Hbond substituents is 1. The number of aromatic hydroxyl groups is 1. The van der Waals surface area contributed by atoms with Crippen molar-refractivity contribution in [1.29, 1.82) is 0 Å². The molecule has 0 saturated carbocycles. The zero-order valence-corrected chi connectivity index (χ0v) is 11.9. The molecule has 0 atom stereocenters. The van der Waals surface area contributed by atoms with Crippen LogP contribution < -0.4 is 9.47 Å². The monoisotopic (exact) mass is 284 g/mol. The third kappa shape index (κ3) is 3.42. The first kappa shape index (κ1) is 14.7. The largest absolute Gasteiger partial charge is 0.507 e. The van der Waals surface area contributed by atoms with Crippen LogP contribution in [0.25, 0.3) is 6.08 Å². The summed E-state index contributed by atoms with van der Waals surface area (Å²) >= 11 is 0. The zero-order valence-electron chi connectivity index (χ0n) is 11.9. The number of carbonyl (C=O) groups is 1. The number of allylic oxidation sites excluding steroid dienone is 1. The molecule has 0 aliphatic heterocycles. The number of hydrogen-bond donors (Lipinski definition) is 1. The lowest BCUT2D eigenvalue weighted by Crippen LogP contribution is -1.99. The summed E-state index contributed by atoms with van der Waals surface area (Å²) in [5.41, 5.74) is 1.02. The molecule has 21 heavy (non-hydrogen) atoms. The summed E-state index contributed by atoms with van der Waals surface area (Å²) in [6, 6.07) is 11.8. The van der Waals surface area contributed by atoms with Gasteiger partial charge in [0, 0.05) is 11.6 Å². The van der Waals surface area contributed by atoms with Crippen LogP contribution in [-0.2, 0) is 0 Å². The maximum atomic E-state index is 12.2. The van der Waals surface area contributed by atoms with Crippen molar-refractivity contribution in [2.24, 2.45) is 0 Å². The van der Waals surface area contributed by atoms with E-state index in [0.717, 1.165) is 0 Å². The number of para-hydroxylation sites is 1.